The molecule has 6 nitrogen and oxygen atoms in total. The van der Waals surface area contributed by atoms with Crippen LogP contribution >= 0.6 is 0 Å². The van der Waals surface area contributed by atoms with Crippen LogP contribution in [-0.2, 0) is 14.2 Å². The van der Waals surface area contributed by atoms with Crippen LogP contribution in [0.5, 0.6) is 0 Å². The fourth-order valence-corrected chi connectivity index (χ4v) is 2.59. The summed E-state index contributed by atoms with van der Waals surface area (Å²) in [7, 11) is 13.9. The highest BCUT2D eigenvalue weighted by Crippen LogP contribution is 2.20. The van der Waals surface area contributed by atoms with E-state index in [1.54, 1.807) is 14.2 Å². The summed E-state index contributed by atoms with van der Waals surface area (Å²) >= 11 is 0. The van der Waals surface area contributed by atoms with E-state index in [0.29, 0.717) is 18.3 Å². The Morgan fingerprint density at radius 1 is 0.686 bits per heavy atom. The third-order valence-corrected chi connectivity index (χ3v) is 4.99. The van der Waals surface area contributed by atoms with Crippen molar-refractivity contribution in [2.75, 3.05) is 69.3 Å². The molecule has 1 aliphatic heterocycles. The zero-order chi connectivity index (χ0) is 25.5. The smallest absolute Gasteiger partial charge is 0.0988 e. The van der Waals surface area contributed by atoms with Crippen molar-refractivity contribution in [3.05, 3.63) is 0 Å². The van der Waals surface area contributed by atoms with E-state index in [0.717, 1.165) is 12.8 Å². The maximum atomic E-state index is 5.23. The molecule has 0 radical (unpaired) electrons. The standard InChI is InChI=1S/C7H15N.C6H15NO.C5H11N.2C4H10O.3CH4/c1-8(2)7-5-3-4-6-7;1-6(2)8-5-7(3)4;1-6-4-2-3-5-6;2*1-4(2)5-3;;;/h7H,3-6H2,1-2H3;6H,5H2,1-4H3;2-5H2,1H3;2*4H,1-3H3;3*1H4. The zero-order valence-electron chi connectivity index (χ0n) is 24.2. The van der Waals surface area contributed by atoms with Crippen LogP contribution in [0.4, 0.5) is 0 Å². The molecule has 35 heavy (non-hydrogen) atoms. The first-order chi connectivity index (χ1) is 14.9. The molecule has 0 unspecified atom stereocenters. The average Bonchev–Trinajstić information content (AvgIpc) is 3.42. The van der Waals surface area contributed by atoms with Gasteiger partial charge in [0, 0.05) is 20.3 Å². The van der Waals surface area contributed by atoms with E-state index in [4.69, 9.17) is 14.2 Å². The Morgan fingerprint density at radius 2 is 1.03 bits per heavy atom. The Morgan fingerprint density at radius 3 is 1.14 bits per heavy atom. The first-order valence-corrected chi connectivity index (χ1v) is 12.5. The molecule has 0 N–H and O–H groups in total. The molecule has 0 aromatic carbocycles. The van der Waals surface area contributed by atoms with Gasteiger partial charge in [-0.3, -0.25) is 4.90 Å². The fourth-order valence-electron chi connectivity index (χ4n) is 2.59. The number of nitrogens with zero attached hydrogens (tertiary/aromatic N) is 3. The summed E-state index contributed by atoms with van der Waals surface area (Å²) in [5.41, 5.74) is 0. The molecule has 2 aliphatic rings. The Hall–Kier alpha value is -0.240. The van der Waals surface area contributed by atoms with Crippen LogP contribution in [0, 0.1) is 0 Å². The lowest BCUT2D eigenvalue weighted by Gasteiger charge is -2.17. The van der Waals surface area contributed by atoms with Crippen LogP contribution < -0.4 is 0 Å². The van der Waals surface area contributed by atoms with E-state index in [1.165, 1.54) is 51.6 Å². The maximum absolute atomic E-state index is 5.23. The van der Waals surface area contributed by atoms with Gasteiger partial charge in [-0.1, -0.05) is 35.1 Å². The van der Waals surface area contributed by atoms with E-state index in [1.807, 2.05) is 60.5 Å². The predicted molar refractivity (Wildman–Crippen MR) is 162 cm³/mol. The van der Waals surface area contributed by atoms with Crippen molar-refractivity contribution in [2.24, 2.45) is 0 Å². The minimum absolute atomic E-state index is 0. The van der Waals surface area contributed by atoms with E-state index >= 15 is 0 Å². The van der Waals surface area contributed by atoms with Gasteiger partial charge in [-0.2, -0.15) is 0 Å². The molecule has 6 heteroatoms. The lowest BCUT2D eigenvalue weighted by Crippen LogP contribution is -2.23. The van der Waals surface area contributed by atoms with Crippen LogP contribution in [-0.4, -0.2) is 108 Å². The van der Waals surface area contributed by atoms with E-state index in [9.17, 15) is 0 Å². The molecule has 2 fully saturated rings. The van der Waals surface area contributed by atoms with Crippen molar-refractivity contribution in [1.29, 1.82) is 0 Å². The number of likely N-dealkylation sites (tertiary alicyclic amines) is 1. The van der Waals surface area contributed by atoms with Crippen molar-refractivity contribution in [3.8, 4) is 0 Å². The zero-order valence-corrected chi connectivity index (χ0v) is 24.2. The molecule has 1 heterocycles. The molecule has 0 amide bonds. The summed E-state index contributed by atoms with van der Waals surface area (Å²) in [6.45, 7) is 15.4. The van der Waals surface area contributed by atoms with Gasteiger partial charge in [-0.05, 0) is 116 Å². The highest BCUT2D eigenvalue weighted by Gasteiger charge is 2.15. The molecule has 222 valence electrons. The van der Waals surface area contributed by atoms with Crippen LogP contribution in [0.2, 0.25) is 0 Å². The van der Waals surface area contributed by atoms with Gasteiger partial charge < -0.3 is 24.0 Å². The third kappa shape index (κ3) is 47.6. The second-order valence-electron chi connectivity index (χ2n) is 9.91. The van der Waals surface area contributed by atoms with E-state index < -0.39 is 0 Å². The topological polar surface area (TPSA) is 37.4 Å². The monoisotopic (exact) mass is 512 g/mol. The molecule has 0 aromatic rings. The van der Waals surface area contributed by atoms with Crippen LogP contribution in [0.3, 0.4) is 0 Å². The van der Waals surface area contributed by atoms with Crippen molar-refractivity contribution < 1.29 is 14.2 Å². The molecule has 0 aromatic heterocycles. The number of ether oxygens (including phenoxy) is 3. The highest BCUT2D eigenvalue weighted by molar-refractivity contribution is 4.72. The van der Waals surface area contributed by atoms with Crippen LogP contribution in [0.1, 0.15) is 102 Å². The number of methoxy groups -OCH3 is 2. The van der Waals surface area contributed by atoms with Gasteiger partial charge >= 0.3 is 0 Å². The molecule has 0 bridgehead atoms. The molecule has 0 atom stereocenters. The Bertz CT molecular complexity index is 324. The largest absolute Gasteiger partial charge is 0.382 e. The fraction of sp³-hybridized carbons (Fsp3) is 1.00. The average molecular weight is 512 g/mol. The van der Waals surface area contributed by atoms with Gasteiger partial charge in [-0.25, -0.2) is 0 Å². The van der Waals surface area contributed by atoms with Crippen molar-refractivity contribution in [3.63, 3.8) is 0 Å². The molecular formula is C29H73N3O3. The number of hydrogen-bond acceptors (Lipinski definition) is 6. The minimum Gasteiger partial charge on any atom is -0.382 e. The highest BCUT2D eigenvalue weighted by atomic mass is 16.5. The second-order valence-corrected chi connectivity index (χ2v) is 9.91. The Kier molecular flexibility index (Phi) is 46.2. The van der Waals surface area contributed by atoms with Gasteiger partial charge in [0.05, 0.1) is 25.0 Å². The van der Waals surface area contributed by atoms with E-state index in [2.05, 4.69) is 30.9 Å². The molecule has 1 saturated heterocycles. The van der Waals surface area contributed by atoms with E-state index in [-0.39, 0.29) is 22.3 Å². The van der Waals surface area contributed by atoms with Crippen molar-refractivity contribution >= 4 is 0 Å². The Labute approximate surface area is 225 Å². The molecule has 2 rings (SSSR count). The van der Waals surface area contributed by atoms with Crippen LogP contribution in [0.25, 0.3) is 0 Å². The molecular weight excluding hydrogens is 438 g/mol. The predicted octanol–water partition coefficient (Wildman–Crippen LogP) is 7.12. The lowest BCUT2D eigenvalue weighted by molar-refractivity contribution is 0.0152. The van der Waals surface area contributed by atoms with Gasteiger partial charge in [0.25, 0.3) is 0 Å². The summed E-state index contributed by atoms with van der Waals surface area (Å²) in [6.07, 6.45) is 9.68. The van der Waals surface area contributed by atoms with Crippen molar-refractivity contribution in [1.82, 2.24) is 14.7 Å². The third-order valence-electron chi connectivity index (χ3n) is 4.99. The summed E-state index contributed by atoms with van der Waals surface area (Å²) < 4.78 is 14.7. The number of rotatable bonds is 6. The lowest BCUT2D eigenvalue weighted by atomic mass is 10.2. The molecule has 1 saturated carbocycles. The first-order valence-electron chi connectivity index (χ1n) is 12.5. The summed E-state index contributed by atoms with van der Waals surface area (Å²) in [5.74, 6) is 0. The summed E-state index contributed by atoms with van der Waals surface area (Å²) in [4.78, 5) is 6.70. The van der Waals surface area contributed by atoms with Gasteiger partial charge in [-0.15, -0.1) is 0 Å². The summed E-state index contributed by atoms with van der Waals surface area (Å²) in [6, 6.07) is 0.898. The SMILES string of the molecule is C.C.C.CC(C)OCN(C)C.CN(C)C1CCCC1.CN1CCCC1.COC(C)C.COC(C)C. The van der Waals surface area contributed by atoms with Crippen molar-refractivity contribution in [2.45, 2.75) is 127 Å². The summed E-state index contributed by atoms with van der Waals surface area (Å²) in [5, 5.41) is 0. The van der Waals surface area contributed by atoms with Gasteiger partial charge in [0.15, 0.2) is 0 Å². The number of hydrogen-bond donors (Lipinski definition) is 0. The first kappa shape index (κ1) is 47.9. The normalized spacial score (nSPS) is 14.9. The Balaban J connectivity index is -0.0000000746. The minimum atomic E-state index is 0. The molecule has 1 aliphatic carbocycles. The van der Waals surface area contributed by atoms with Crippen LogP contribution in [0.15, 0.2) is 0 Å². The quantitative estimate of drug-likeness (QED) is 0.353. The molecule has 0 spiro atoms. The van der Waals surface area contributed by atoms with Gasteiger partial charge in [0.2, 0.25) is 0 Å². The second kappa shape index (κ2) is 33.8. The maximum Gasteiger partial charge on any atom is 0.0988 e. The van der Waals surface area contributed by atoms with Gasteiger partial charge in [0.1, 0.15) is 0 Å².